The van der Waals surface area contributed by atoms with Crippen LogP contribution in [0.25, 0.3) is 0 Å². The van der Waals surface area contributed by atoms with E-state index in [-0.39, 0.29) is 11.4 Å². The van der Waals surface area contributed by atoms with Crippen LogP contribution in [0.4, 0.5) is 5.69 Å². The maximum absolute atomic E-state index is 11.5. The van der Waals surface area contributed by atoms with Crippen molar-refractivity contribution in [2.24, 2.45) is 0 Å². The number of ether oxygens (including phenoxy) is 1. The van der Waals surface area contributed by atoms with E-state index in [0.29, 0.717) is 13.0 Å². The minimum absolute atomic E-state index is 0.181. The predicted octanol–water partition coefficient (Wildman–Crippen LogP) is 4.70. The summed E-state index contributed by atoms with van der Waals surface area (Å²) in [6.07, 6.45) is 0.322. The number of benzene rings is 2. The molecule has 0 amide bonds. The molecule has 0 unspecified atom stereocenters. The molecule has 128 valence electrons. The summed E-state index contributed by atoms with van der Waals surface area (Å²) >= 11 is 0. The average Bonchev–Trinajstić information content (AvgIpc) is 2.54. The first-order chi connectivity index (χ1) is 11.4. The Morgan fingerprint density at radius 2 is 1.54 bits per heavy atom. The van der Waals surface area contributed by atoms with E-state index in [2.05, 4.69) is 50.4 Å². The molecule has 0 saturated heterocycles. The second-order valence-corrected chi connectivity index (χ2v) is 6.98. The Labute approximate surface area is 145 Å². The second-order valence-electron chi connectivity index (χ2n) is 6.98. The highest BCUT2D eigenvalue weighted by Crippen LogP contribution is 2.22. The van der Waals surface area contributed by atoms with Crippen LogP contribution in [-0.2, 0) is 27.9 Å². The molecule has 3 heteroatoms. The molecule has 3 nitrogen and oxygen atoms in total. The Hall–Kier alpha value is -2.29. The van der Waals surface area contributed by atoms with E-state index >= 15 is 0 Å². The van der Waals surface area contributed by atoms with Crippen molar-refractivity contribution in [3.05, 3.63) is 65.2 Å². The highest BCUT2D eigenvalue weighted by atomic mass is 16.5. The van der Waals surface area contributed by atoms with Crippen LogP contribution in [0.15, 0.2) is 48.5 Å². The molecular formula is C21H27NO2. The van der Waals surface area contributed by atoms with Crippen molar-refractivity contribution in [2.45, 2.75) is 46.1 Å². The number of carbonyl (C=O) groups is 1. The number of rotatable bonds is 6. The zero-order valence-corrected chi connectivity index (χ0v) is 15.1. The van der Waals surface area contributed by atoms with Crippen molar-refractivity contribution in [1.82, 2.24) is 0 Å². The van der Waals surface area contributed by atoms with Crippen LogP contribution in [0, 0.1) is 0 Å². The zero-order chi connectivity index (χ0) is 17.6. The van der Waals surface area contributed by atoms with Gasteiger partial charge >= 0.3 is 5.97 Å². The molecule has 0 heterocycles. The minimum atomic E-state index is -0.183. The van der Waals surface area contributed by atoms with E-state index in [1.165, 1.54) is 11.1 Å². The first-order valence-electron chi connectivity index (χ1n) is 8.46. The molecule has 2 aromatic carbocycles. The van der Waals surface area contributed by atoms with Crippen molar-refractivity contribution in [1.29, 1.82) is 0 Å². The van der Waals surface area contributed by atoms with Crippen molar-refractivity contribution >= 4 is 11.7 Å². The number of nitrogens with one attached hydrogen (secondary N) is 1. The smallest absolute Gasteiger partial charge is 0.310 e. The molecule has 0 aliphatic carbocycles. The Bertz CT molecular complexity index is 652. The molecule has 0 spiro atoms. The summed E-state index contributed by atoms with van der Waals surface area (Å²) in [7, 11) is 0. The van der Waals surface area contributed by atoms with Gasteiger partial charge in [-0.15, -0.1) is 0 Å². The Morgan fingerprint density at radius 1 is 0.958 bits per heavy atom. The molecule has 0 atom stereocenters. The van der Waals surface area contributed by atoms with Crippen LogP contribution in [0.1, 0.15) is 44.4 Å². The lowest BCUT2D eigenvalue weighted by Crippen LogP contribution is -2.11. The normalized spacial score (nSPS) is 11.2. The lowest BCUT2D eigenvalue weighted by molar-refractivity contribution is -0.142. The molecule has 1 N–H and O–H groups in total. The molecule has 2 rings (SSSR count). The summed E-state index contributed by atoms with van der Waals surface area (Å²) < 4.78 is 4.96. The fraction of sp³-hybridized carbons (Fsp3) is 0.381. The summed E-state index contributed by atoms with van der Waals surface area (Å²) in [6, 6.07) is 16.6. The summed E-state index contributed by atoms with van der Waals surface area (Å²) in [6.45, 7) is 9.68. The van der Waals surface area contributed by atoms with E-state index in [1.807, 2.05) is 31.2 Å². The van der Waals surface area contributed by atoms with Gasteiger partial charge in [-0.25, -0.2) is 0 Å². The number of hydrogen-bond acceptors (Lipinski definition) is 3. The topological polar surface area (TPSA) is 38.3 Å². The Morgan fingerprint density at radius 3 is 2.08 bits per heavy atom. The van der Waals surface area contributed by atoms with E-state index in [4.69, 9.17) is 4.74 Å². The van der Waals surface area contributed by atoms with E-state index in [1.54, 1.807) is 0 Å². The van der Waals surface area contributed by atoms with Gasteiger partial charge in [0.1, 0.15) is 0 Å². The average molecular weight is 325 g/mol. The van der Waals surface area contributed by atoms with Gasteiger partial charge in [0.05, 0.1) is 13.0 Å². The lowest BCUT2D eigenvalue weighted by atomic mass is 9.87. The molecule has 0 fully saturated rings. The number of esters is 1. The molecule has 0 bridgehead atoms. The van der Waals surface area contributed by atoms with Crippen molar-refractivity contribution < 1.29 is 9.53 Å². The maximum atomic E-state index is 11.5. The SMILES string of the molecule is CCOC(=O)Cc1ccc(NCc2ccc(C(C)(C)C)cc2)cc1. The summed E-state index contributed by atoms with van der Waals surface area (Å²) in [5, 5.41) is 3.41. The first-order valence-corrected chi connectivity index (χ1v) is 8.46. The largest absolute Gasteiger partial charge is 0.466 e. The lowest BCUT2D eigenvalue weighted by Gasteiger charge is -2.19. The molecule has 2 aromatic rings. The maximum Gasteiger partial charge on any atom is 0.310 e. The van der Waals surface area contributed by atoms with Gasteiger partial charge < -0.3 is 10.1 Å². The molecule has 0 saturated carbocycles. The van der Waals surface area contributed by atoms with E-state index < -0.39 is 0 Å². The van der Waals surface area contributed by atoms with Crippen molar-refractivity contribution in [3.63, 3.8) is 0 Å². The van der Waals surface area contributed by atoms with Gasteiger partial charge in [0.25, 0.3) is 0 Å². The standard InChI is InChI=1S/C21H27NO2/c1-5-24-20(23)14-16-8-12-19(13-9-16)22-15-17-6-10-18(11-7-17)21(2,3)4/h6-13,22H,5,14-15H2,1-4H3. The molecule has 0 radical (unpaired) electrons. The fourth-order valence-electron chi connectivity index (χ4n) is 2.45. The number of hydrogen-bond donors (Lipinski definition) is 1. The van der Waals surface area contributed by atoms with Gasteiger partial charge in [0.2, 0.25) is 0 Å². The monoisotopic (exact) mass is 325 g/mol. The molecule has 0 aromatic heterocycles. The van der Waals surface area contributed by atoms with Gasteiger partial charge in [-0.05, 0) is 41.2 Å². The quantitative estimate of drug-likeness (QED) is 0.782. The van der Waals surface area contributed by atoms with Gasteiger partial charge in [-0.1, -0.05) is 57.2 Å². The van der Waals surface area contributed by atoms with Crippen molar-refractivity contribution in [3.8, 4) is 0 Å². The fourth-order valence-corrected chi connectivity index (χ4v) is 2.45. The van der Waals surface area contributed by atoms with Crippen molar-refractivity contribution in [2.75, 3.05) is 11.9 Å². The third kappa shape index (κ3) is 5.41. The van der Waals surface area contributed by atoms with Crippen LogP contribution in [-0.4, -0.2) is 12.6 Å². The highest BCUT2D eigenvalue weighted by molar-refractivity contribution is 5.72. The van der Waals surface area contributed by atoms with Crippen LogP contribution < -0.4 is 5.32 Å². The Balaban J connectivity index is 1.89. The van der Waals surface area contributed by atoms with Crippen LogP contribution in [0.3, 0.4) is 0 Å². The third-order valence-electron chi connectivity index (χ3n) is 3.92. The summed E-state index contributed by atoms with van der Waals surface area (Å²) in [5.74, 6) is -0.183. The van der Waals surface area contributed by atoms with Gasteiger partial charge in [-0.2, -0.15) is 0 Å². The molecule has 0 aliphatic rings. The highest BCUT2D eigenvalue weighted by Gasteiger charge is 2.12. The van der Waals surface area contributed by atoms with Crippen LogP contribution >= 0.6 is 0 Å². The predicted molar refractivity (Wildman–Crippen MR) is 99.2 cm³/mol. The zero-order valence-electron chi connectivity index (χ0n) is 15.1. The number of anilines is 1. The first kappa shape index (κ1) is 18.1. The molecule has 0 aliphatic heterocycles. The minimum Gasteiger partial charge on any atom is -0.466 e. The van der Waals surface area contributed by atoms with E-state index in [0.717, 1.165) is 17.8 Å². The van der Waals surface area contributed by atoms with Gasteiger partial charge in [0, 0.05) is 12.2 Å². The molecule has 24 heavy (non-hydrogen) atoms. The van der Waals surface area contributed by atoms with Crippen LogP contribution in [0.2, 0.25) is 0 Å². The van der Waals surface area contributed by atoms with Gasteiger partial charge in [-0.3, -0.25) is 4.79 Å². The summed E-state index contributed by atoms with van der Waals surface area (Å²) in [5.41, 5.74) is 4.78. The summed E-state index contributed by atoms with van der Waals surface area (Å²) in [4.78, 5) is 11.5. The second kappa shape index (κ2) is 8.00. The van der Waals surface area contributed by atoms with E-state index in [9.17, 15) is 4.79 Å². The Kier molecular flexibility index (Phi) is 6.02. The number of carbonyl (C=O) groups excluding carboxylic acids is 1. The molecular weight excluding hydrogens is 298 g/mol. The van der Waals surface area contributed by atoms with Crippen LogP contribution in [0.5, 0.6) is 0 Å². The van der Waals surface area contributed by atoms with Gasteiger partial charge in [0.15, 0.2) is 0 Å². The third-order valence-corrected chi connectivity index (χ3v) is 3.92.